The van der Waals surface area contributed by atoms with E-state index in [1.54, 1.807) is 30.3 Å². The minimum Gasteiger partial charge on any atom is -0.452 e. The normalized spacial score (nSPS) is 11.8. The zero-order valence-corrected chi connectivity index (χ0v) is 15.6. The van der Waals surface area contributed by atoms with Crippen LogP contribution in [-0.2, 0) is 25.5 Å². The fraction of sp³-hybridized carbons (Fsp3) is 0.190. The number of halogens is 1. The first kappa shape index (κ1) is 20.4. The molecule has 6 heteroatoms. The van der Waals surface area contributed by atoms with Gasteiger partial charge in [-0.25, -0.2) is 4.79 Å². The average Bonchev–Trinajstić information content (AvgIpc) is 2.65. The van der Waals surface area contributed by atoms with Crippen LogP contribution in [0.25, 0.3) is 6.08 Å². The van der Waals surface area contributed by atoms with Crippen LogP contribution >= 0.6 is 11.6 Å². The highest BCUT2D eigenvalue weighted by molar-refractivity contribution is 6.30. The maximum atomic E-state index is 12.0. The molecule has 2 aromatic rings. The van der Waals surface area contributed by atoms with Crippen LogP contribution in [0.5, 0.6) is 0 Å². The van der Waals surface area contributed by atoms with Gasteiger partial charge in [0.1, 0.15) is 0 Å². The van der Waals surface area contributed by atoms with E-state index in [0.717, 1.165) is 11.1 Å². The van der Waals surface area contributed by atoms with Crippen molar-refractivity contribution in [3.63, 3.8) is 0 Å². The Morgan fingerprint density at radius 3 is 2.52 bits per heavy atom. The molecule has 1 atom stereocenters. The summed E-state index contributed by atoms with van der Waals surface area (Å²) in [6.45, 7) is 0.949. The van der Waals surface area contributed by atoms with Crippen LogP contribution in [0.15, 0.2) is 60.7 Å². The molecule has 0 radical (unpaired) electrons. The van der Waals surface area contributed by atoms with E-state index in [4.69, 9.17) is 16.3 Å². The first-order valence-corrected chi connectivity index (χ1v) is 8.76. The zero-order valence-electron chi connectivity index (χ0n) is 14.9. The average molecular weight is 386 g/mol. The number of nitrogens with one attached hydrogen (secondary N) is 1. The molecule has 140 valence electrons. The van der Waals surface area contributed by atoms with E-state index in [2.05, 4.69) is 5.32 Å². The maximum Gasteiger partial charge on any atom is 0.331 e. The van der Waals surface area contributed by atoms with Crippen molar-refractivity contribution in [1.82, 2.24) is 5.32 Å². The number of hydrogen-bond donors (Lipinski definition) is 1. The molecule has 0 heterocycles. The molecule has 0 saturated carbocycles. The van der Waals surface area contributed by atoms with Gasteiger partial charge in [-0.3, -0.25) is 9.59 Å². The molecule has 1 amide bonds. The van der Waals surface area contributed by atoms with E-state index in [-0.39, 0.29) is 5.78 Å². The first-order valence-electron chi connectivity index (χ1n) is 8.38. The highest BCUT2D eigenvalue weighted by Gasteiger charge is 2.18. The number of carbonyl (C=O) groups is 3. The van der Waals surface area contributed by atoms with E-state index >= 15 is 0 Å². The van der Waals surface area contributed by atoms with Gasteiger partial charge in [-0.1, -0.05) is 54.1 Å². The van der Waals surface area contributed by atoms with Gasteiger partial charge in [-0.2, -0.15) is 0 Å². The van der Waals surface area contributed by atoms with Gasteiger partial charge in [-0.15, -0.1) is 0 Å². The van der Waals surface area contributed by atoms with Gasteiger partial charge < -0.3 is 10.1 Å². The third kappa shape index (κ3) is 7.46. The molecule has 1 N–H and O–H groups in total. The number of rotatable bonds is 8. The van der Waals surface area contributed by atoms with Crippen molar-refractivity contribution in [1.29, 1.82) is 0 Å². The standard InChI is InChI=1S/C21H20ClNO4/c1-15(24)19(13-16-6-3-2-4-7-16)23-20(25)14-27-21(26)11-10-17-8-5-9-18(22)12-17/h2-12,19H,13-14H2,1H3,(H,23,25)/b11-10-/t19-/m0/s1. The Balaban J connectivity index is 1.82. The van der Waals surface area contributed by atoms with Crippen molar-refractivity contribution < 1.29 is 19.1 Å². The van der Waals surface area contributed by atoms with Crippen molar-refractivity contribution in [2.75, 3.05) is 6.61 Å². The Labute approximate surface area is 163 Å². The fourth-order valence-electron chi connectivity index (χ4n) is 2.34. The van der Waals surface area contributed by atoms with Crippen LogP contribution in [0.3, 0.4) is 0 Å². The summed E-state index contributed by atoms with van der Waals surface area (Å²) >= 11 is 5.86. The smallest absolute Gasteiger partial charge is 0.331 e. The minimum atomic E-state index is -0.666. The Kier molecular flexibility index (Phi) is 7.77. The van der Waals surface area contributed by atoms with E-state index in [9.17, 15) is 14.4 Å². The van der Waals surface area contributed by atoms with Gasteiger partial charge in [0.15, 0.2) is 12.4 Å². The Morgan fingerprint density at radius 1 is 1.11 bits per heavy atom. The van der Waals surface area contributed by atoms with Crippen molar-refractivity contribution in [2.24, 2.45) is 0 Å². The molecular formula is C21H20ClNO4. The second-order valence-corrected chi connectivity index (χ2v) is 6.35. The number of benzene rings is 2. The van der Waals surface area contributed by atoms with Gasteiger partial charge >= 0.3 is 5.97 Å². The molecule has 0 aromatic heterocycles. The number of carbonyl (C=O) groups excluding carboxylic acids is 3. The van der Waals surface area contributed by atoms with E-state index in [1.807, 2.05) is 30.3 Å². The van der Waals surface area contributed by atoms with Crippen molar-refractivity contribution >= 4 is 35.3 Å². The maximum absolute atomic E-state index is 12.0. The molecule has 0 bridgehead atoms. The number of amides is 1. The summed E-state index contributed by atoms with van der Waals surface area (Å²) in [4.78, 5) is 35.5. The third-order valence-corrected chi connectivity index (χ3v) is 3.95. The van der Waals surface area contributed by atoms with Gasteiger partial charge in [0, 0.05) is 11.1 Å². The van der Waals surface area contributed by atoms with Crippen LogP contribution in [0.1, 0.15) is 18.1 Å². The quantitative estimate of drug-likeness (QED) is 0.559. The summed E-state index contributed by atoms with van der Waals surface area (Å²) < 4.78 is 4.90. The third-order valence-electron chi connectivity index (χ3n) is 3.71. The van der Waals surface area contributed by atoms with Crippen molar-refractivity contribution in [3.8, 4) is 0 Å². The topological polar surface area (TPSA) is 72.5 Å². The summed E-state index contributed by atoms with van der Waals surface area (Å²) in [5, 5.41) is 3.15. The summed E-state index contributed by atoms with van der Waals surface area (Å²) in [5.41, 5.74) is 1.67. The number of ether oxygens (including phenoxy) is 1. The lowest BCUT2D eigenvalue weighted by Gasteiger charge is -2.16. The lowest BCUT2D eigenvalue weighted by molar-refractivity contribution is -0.144. The molecule has 0 aliphatic rings. The zero-order chi connectivity index (χ0) is 19.6. The fourth-order valence-corrected chi connectivity index (χ4v) is 2.54. The molecule has 0 saturated heterocycles. The number of ketones is 1. The molecule has 0 fully saturated rings. The van der Waals surface area contributed by atoms with E-state index in [1.165, 1.54) is 13.0 Å². The number of esters is 1. The number of Topliss-reactive ketones (excluding diaryl/α,β-unsaturated/α-hetero) is 1. The lowest BCUT2D eigenvalue weighted by Crippen LogP contribution is -2.43. The van der Waals surface area contributed by atoms with Crippen LogP contribution in [0.4, 0.5) is 0 Å². The Morgan fingerprint density at radius 2 is 1.85 bits per heavy atom. The molecule has 5 nitrogen and oxygen atoms in total. The van der Waals surface area contributed by atoms with Crippen LogP contribution in [0, 0.1) is 0 Å². The second-order valence-electron chi connectivity index (χ2n) is 5.92. The van der Waals surface area contributed by atoms with Crippen LogP contribution in [0.2, 0.25) is 5.02 Å². The summed E-state index contributed by atoms with van der Waals surface area (Å²) in [5.74, 6) is -1.36. The highest BCUT2D eigenvalue weighted by Crippen LogP contribution is 2.11. The highest BCUT2D eigenvalue weighted by atomic mass is 35.5. The monoisotopic (exact) mass is 385 g/mol. The van der Waals surface area contributed by atoms with Gasteiger partial charge in [0.25, 0.3) is 5.91 Å². The summed E-state index contributed by atoms with van der Waals surface area (Å²) in [7, 11) is 0. The predicted octanol–water partition coefficient (Wildman–Crippen LogP) is 3.21. The molecule has 27 heavy (non-hydrogen) atoms. The number of hydrogen-bond acceptors (Lipinski definition) is 4. The van der Waals surface area contributed by atoms with Gasteiger partial charge in [0.05, 0.1) is 6.04 Å². The molecule has 2 rings (SSSR count). The summed E-state index contributed by atoms with van der Waals surface area (Å²) in [6.07, 6.45) is 3.13. The summed E-state index contributed by atoms with van der Waals surface area (Å²) in [6, 6.07) is 15.7. The molecule has 0 aliphatic carbocycles. The molecule has 2 aromatic carbocycles. The Hall–Kier alpha value is -2.92. The second kappa shape index (κ2) is 10.3. The van der Waals surface area contributed by atoms with Crippen LogP contribution < -0.4 is 5.32 Å². The van der Waals surface area contributed by atoms with E-state index in [0.29, 0.717) is 11.4 Å². The van der Waals surface area contributed by atoms with Crippen molar-refractivity contribution in [3.05, 3.63) is 76.8 Å². The lowest BCUT2D eigenvalue weighted by atomic mass is 10.0. The SMILES string of the molecule is CC(=O)[C@H](Cc1ccccc1)NC(=O)COC(=O)/C=C\c1cccc(Cl)c1. The first-order chi connectivity index (χ1) is 12.9. The molecule has 0 spiro atoms. The van der Waals surface area contributed by atoms with Gasteiger partial charge in [-0.05, 0) is 42.7 Å². The Bertz CT molecular complexity index is 833. The molecule has 0 aliphatic heterocycles. The van der Waals surface area contributed by atoms with Gasteiger partial charge in [0.2, 0.25) is 0 Å². The molecule has 0 unspecified atom stereocenters. The predicted molar refractivity (Wildman–Crippen MR) is 104 cm³/mol. The molecular weight excluding hydrogens is 366 g/mol. The minimum absolute atomic E-state index is 0.167. The van der Waals surface area contributed by atoms with E-state index < -0.39 is 24.5 Å². The van der Waals surface area contributed by atoms with Crippen LogP contribution in [-0.4, -0.2) is 30.3 Å². The van der Waals surface area contributed by atoms with Crippen molar-refractivity contribution in [2.45, 2.75) is 19.4 Å². The largest absolute Gasteiger partial charge is 0.452 e.